The van der Waals surface area contributed by atoms with Crippen LogP contribution >= 0.6 is 22.9 Å². The molecule has 0 radical (unpaired) electrons. The van der Waals surface area contributed by atoms with Gasteiger partial charge in [0.05, 0.1) is 0 Å². The molecule has 2 rings (SSSR count). The van der Waals surface area contributed by atoms with Crippen LogP contribution in [0.2, 0.25) is 0 Å². The van der Waals surface area contributed by atoms with E-state index in [-0.39, 0.29) is 14.2 Å². The third-order valence-corrected chi connectivity index (χ3v) is 5.12. The molecule has 0 aliphatic carbocycles. The largest absolute Gasteiger partial charge is 0.477 e. The van der Waals surface area contributed by atoms with E-state index in [0.717, 1.165) is 11.5 Å². The van der Waals surface area contributed by atoms with Crippen molar-refractivity contribution in [3.63, 3.8) is 0 Å². The summed E-state index contributed by atoms with van der Waals surface area (Å²) in [4.78, 5) is 10.6. The van der Waals surface area contributed by atoms with Crippen LogP contribution in [0.25, 0.3) is 0 Å². The summed E-state index contributed by atoms with van der Waals surface area (Å²) >= 11 is 1.44. The lowest BCUT2D eigenvalue weighted by Crippen LogP contribution is -2.11. The van der Waals surface area contributed by atoms with Gasteiger partial charge in [-0.3, -0.25) is 4.72 Å². The first-order chi connectivity index (χ1) is 7.99. The summed E-state index contributed by atoms with van der Waals surface area (Å²) in [6.45, 7) is 0. The van der Waals surface area contributed by atoms with Gasteiger partial charge in [-0.25, -0.2) is 13.2 Å². The van der Waals surface area contributed by atoms with E-state index in [1.807, 2.05) is 0 Å². The molecule has 0 unspecified atom stereocenters. The van der Waals surface area contributed by atoms with E-state index in [9.17, 15) is 13.2 Å². The number of hydrogen-bond acceptors (Lipinski definition) is 8. The molecule has 0 saturated heterocycles. The highest BCUT2D eigenvalue weighted by Gasteiger charge is 2.20. The summed E-state index contributed by atoms with van der Waals surface area (Å²) < 4.78 is 28.9. The molecule has 0 fully saturated rings. The number of aromatic carboxylic acids is 1. The van der Waals surface area contributed by atoms with Gasteiger partial charge in [-0.1, -0.05) is 9.59 Å². The van der Waals surface area contributed by atoms with Crippen molar-refractivity contribution in [1.82, 2.24) is 14.8 Å². The Morgan fingerprint density at radius 3 is 2.71 bits per heavy atom. The maximum atomic E-state index is 11.8. The molecule has 0 amide bonds. The highest BCUT2D eigenvalue weighted by molar-refractivity contribution is 7.94. The smallest absolute Gasteiger partial charge is 0.345 e. The van der Waals surface area contributed by atoms with Gasteiger partial charge in [0.25, 0.3) is 10.0 Å². The summed E-state index contributed by atoms with van der Waals surface area (Å²) in [5.74, 6) is -1.17. The van der Waals surface area contributed by atoms with Crippen molar-refractivity contribution in [2.45, 2.75) is 4.21 Å². The van der Waals surface area contributed by atoms with Crippen LogP contribution in [0, 0.1) is 0 Å². The molecule has 0 aliphatic rings. The molecular formula is C6H4N4O4S3. The second-order valence-electron chi connectivity index (χ2n) is 2.70. The average molecular weight is 292 g/mol. The Kier molecular flexibility index (Phi) is 3.04. The molecule has 0 atom stereocenters. The summed E-state index contributed by atoms with van der Waals surface area (Å²) in [5, 5.41) is 15.4. The molecule has 0 aliphatic heterocycles. The average Bonchev–Trinajstić information content (AvgIpc) is 2.84. The van der Waals surface area contributed by atoms with Crippen molar-refractivity contribution in [1.29, 1.82) is 0 Å². The lowest BCUT2D eigenvalue weighted by molar-refractivity contribution is 0.0702. The molecule has 0 spiro atoms. The van der Waals surface area contributed by atoms with Gasteiger partial charge in [0.2, 0.25) is 5.13 Å². The van der Waals surface area contributed by atoms with Crippen molar-refractivity contribution in [3.05, 3.63) is 17.0 Å². The summed E-state index contributed by atoms with van der Waals surface area (Å²) in [6, 6.07) is 2.44. The molecule has 2 aromatic rings. The van der Waals surface area contributed by atoms with Gasteiger partial charge in [0, 0.05) is 11.5 Å². The number of nitrogens with zero attached hydrogens (tertiary/aromatic N) is 3. The number of carboxylic acids is 1. The van der Waals surface area contributed by atoms with Crippen LogP contribution in [0.4, 0.5) is 5.13 Å². The van der Waals surface area contributed by atoms with E-state index in [1.165, 1.54) is 12.1 Å². The Morgan fingerprint density at radius 1 is 1.41 bits per heavy atom. The Hall–Kier alpha value is -1.59. The molecule has 17 heavy (non-hydrogen) atoms. The van der Waals surface area contributed by atoms with Crippen molar-refractivity contribution in [3.8, 4) is 0 Å². The fourth-order valence-electron chi connectivity index (χ4n) is 0.918. The van der Waals surface area contributed by atoms with E-state index >= 15 is 0 Å². The minimum Gasteiger partial charge on any atom is -0.477 e. The Bertz CT molecular complexity index is 632. The topological polar surface area (TPSA) is 122 Å². The van der Waals surface area contributed by atoms with Crippen molar-refractivity contribution in [2.75, 3.05) is 4.72 Å². The molecule has 0 bridgehead atoms. The predicted octanol–water partition coefficient (Wildman–Crippen LogP) is 0.494. The molecule has 11 heteroatoms. The van der Waals surface area contributed by atoms with Crippen LogP contribution in [-0.2, 0) is 10.0 Å². The third kappa shape index (κ3) is 2.57. The highest BCUT2D eigenvalue weighted by Crippen LogP contribution is 2.23. The third-order valence-electron chi connectivity index (χ3n) is 1.58. The Balaban J connectivity index is 2.28. The number of carbonyl (C=O) groups is 1. The Morgan fingerprint density at radius 2 is 2.18 bits per heavy atom. The number of aromatic nitrogens is 3. The van der Waals surface area contributed by atoms with Gasteiger partial charge >= 0.3 is 5.97 Å². The molecule has 8 nitrogen and oxygen atoms in total. The number of hydrogen-bond donors (Lipinski definition) is 2. The van der Waals surface area contributed by atoms with Crippen LogP contribution in [-0.4, -0.2) is 34.3 Å². The van der Waals surface area contributed by atoms with Gasteiger partial charge in [-0.05, 0) is 17.3 Å². The zero-order chi connectivity index (χ0) is 12.5. The molecular weight excluding hydrogens is 288 g/mol. The fraction of sp³-hybridized carbons (Fsp3) is 0. The molecule has 90 valence electrons. The first-order valence-corrected chi connectivity index (χ1v) is 7.07. The summed E-state index contributed by atoms with van der Waals surface area (Å²) in [5.41, 5.74) is 0. The first-order valence-electron chi connectivity index (χ1n) is 4.00. The van der Waals surface area contributed by atoms with Crippen LogP contribution in [0.3, 0.4) is 0 Å². The van der Waals surface area contributed by atoms with Gasteiger partial charge in [-0.2, -0.15) is 0 Å². The van der Waals surface area contributed by atoms with Gasteiger partial charge in [-0.15, -0.1) is 11.3 Å². The van der Waals surface area contributed by atoms with Crippen LogP contribution in [0.15, 0.2) is 16.3 Å². The lowest BCUT2D eigenvalue weighted by Gasteiger charge is -1.99. The zero-order valence-electron chi connectivity index (χ0n) is 7.89. The van der Waals surface area contributed by atoms with Gasteiger partial charge < -0.3 is 5.11 Å². The highest BCUT2D eigenvalue weighted by atomic mass is 32.2. The van der Waals surface area contributed by atoms with Crippen molar-refractivity contribution >= 4 is 44.0 Å². The Labute approximate surface area is 103 Å². The number of thiophene rings is 1. The molecule has 0 saturated carbocycles. The van der Waals surface area contributed by atoms with E-state index in [1.54, 1.807) is 0 Å². The molecule has 2 N–H and O–H groups in total. The van der Waals surface area contributed by atoms with Crippen molar-refractivity contribution in [2.24, 2.45) is 0 Å². The number of carboxylic acid groups (broad SMARTS) is 1. The standard InChI is InChI=1S/C6H4N4O4S3/c11-5(12)3-1-2-4(15-3)17(13,14)8-6-7-9-10-16-6/h1-2H,(H,11,12)(H,7,8,10). The van der Waals surface area contributed by atoms with Gasteiger partial charge in [0.15, 0.2) is 0 Å². The normalized spacial score (nSPS) is 11.3. The van der Waals surface area contributed by atoms with E-state index in [2.05, 4.69) is 19.5 Å². The maximum Gasteiger partial charge on any atom is 0.345 e. The maximum absolute atomic E-state index is 11.8. The number of rotatable bonds is 4. The lowest BCUT2D eigenvalue weighted by atomic mass is 10.5. The van der Waals surface area contributed by atoms with Crippen LogP contribution in [0.5, 0.6) is 0 Å². The van der Waals surface area contributed by atoms with Crippen molar-refractivity contribution < 1.29 is 18.3 Å². The van der Waals surface area contributed by atoms with E-state index in [4.69, 9.17) is 5.11 Å². The predicted molar refractivity (Wildman–Crippen MR) is 59.8 cm³/mol. The van der Waals surface area contributed by atoms with Gasteiger partial charge in [0.1, 0.15) is 9.09 Å². The molecule has 0 aromatic carbocycles. The molecule has 2 aromatic heterocycles. The van der Waals surface area contributed by atoms with E-state index < -0.39 is 16.0 Å². The second kappa shape index (κ2) is 4.35. The zero-order valence-corrected chi connectivity index (χ0v) is 10.3. The quantitative estimate of drug-likeness (QED) is 0.840. The fourth-order valence-corrected chi connectivity index (χ4v) is 3.65. The second-order valence-corrected chi connectivity index (χ2v) is 6.42. The molecule has 2 heterocycles. The van der Waals surface area contributed by atoms with E-state index in [0.29, 0.717) is 11.3 Å². The summed E-state index contributed by atoms with van der Waals surface area (Å²) in [7, 11) is -3.82. The SMILES string of the molecule is O=C(O)c1ccc(S(=O)(=O)Nc2nnns2)s1. The number of sulfonamides is 1. The number of nitrogens with one attached hydrogen (secondary N) is 1. The monoisotopic (exact) mass is 292 g/mol. The minimum atomic E-state index is -3.82. The van der Waals surface area contributed by atoms with Crippen LogP contribution in [0.1, 0.15) is 9.67 Å². The summed E-state index contributed by atoms with van der Waals surface area (Å²) in [6.07, 6.45) is 0. The number of anilines is 1. The van der Waals surface area contributed by atoms with Crippen LogP contribution < -0.4 is 4.72 Å². The minimum absolute atomic E-state index is 0.0234. The first kappa shape index (κ1) is 11.9.